The molecule has 1 aromatic carbocycles. The first-order valence-electron chi connectivity index (χ1n) is 6.84. The Hall–Kier alpha value is -1.41. The van der Waals surface area contributed by atoms with E-state index in [0.717, 1.165) is 5.69 Å². The molecule has 0 aliphatic heterocycles. The Morgan fingerprint density at radius 2 is 1.53 bits per heavy atom. The van der Waals surface area contributed by atoms with Crippen molar-refractivity contribution in [2.75, 3.05) is 0 Å². The van der Waals surface area contributed by atoms with E-state index in [1.807, 2.05) is 6.20 Å². The van der Waals surface area contributed by atoms with Gasteiger partial charge in [-0.25, -0.2) is 0 Å². The van der Waals surface area contributed by atoms with Crippen LogP contribution >= 0.6 is 0 Å². The van der Waals surface area contributed by atoms with Gasteiger partial charge in [-0.2, -0.15) is 0 Å². The molecule has 0 radical (unpaired) electrons. The first kappa shape index (κ1) is 14.0. The average Bonchev–Trinajstić information content (AvgIpc) is 2.31. The summed E-state index contributed by atoms with van der Waals surface area (Å²) in [5.41, 5.74) is 6.22. The molecule has 1 heterocycles. The average molecular weight is 269 g/mol. The lowest BCUT2D eigenvalue weighted by atomic mass is 10.0. The van der Waals surface area contributed by atoms with Crippen LogP contribution in [-0.2, 0) is 0 Å². The molecular formula is C17H23NSi. The van der Waals surface area contributed by atoms with E-state index >= 15 is 0 Å². The van der Waals surface area contributed by atoms with Gasteiger partial charge in [0.15, 0.2) is 0 Å². The molecule has 0 fully saturated rings. The molecule has 0 aliphatic rings. The van der Waals surface area contributed by atoms with Gasteiger partial charge in [0.2, 0.25) is 0 Å². The highest BCUT2D eigenvalue weighted by Gasteiger charge is 2.17. The second kappa shape index (κ2) is 4.93. The van der Waals surface area contributed by atoms with Crippen molar-refractivity contribution in [1.29, 1.82) is 0 Å². The summed E-state index contributed by atoms with van der Waals surface area (Å²) in [6, 6.07) is 9.05. The van der Waals surface area contributed by atoms with Crippen molar-refractivity contribution in [3.05, 3.63) is 47.2 Å². The van der Waals surface area contributed by atoms with Gasteiger partial charge < -0.3 is 0 Å². The summed E-state index contributed by atoms with van der Waals surface area (Å²) in [7, 11) is -1.23. The summed E-state index contributed by atoms with van der Waals surface area (Å²) in [6.45, 7) is 13.6. The van der Waals surface area contributed by atoms with Gasteiger partial charge >= 0.3 is 0 Å². The van der Waals surface area contributed by atoms with E-state index in [9.17, 15) is 0 Å². The molecular weight excluding hydrogens is 246 g/mol. The molecule has 0 amide bonds. The number of hydrogen-bond donors (Lipinski definition) is 0. The molecule has 0 unspecified atom stereocenters. The molecule has 2 aromatic rings. The van der Waals surface area contributed by atoms with Crippen LogP contribution in [0, 0.1) is 20.8 Å². The van der Waals surface area contributed by atoms with Crippen LogP contribution < -0.4 is 5.19 Å². The zero-order valence-corrected chi connectivity index (χ0v) is 13.8. The first-order valence-corrected chi connectivity index (χ1v) is 10.3. The second-order valence-electron chi connectivity index (χ2n) is 6.43. The van der Waals surface area contributed by atoms with Crippen molar-refractivity contribution in [1.82, 2.24) is 4.98 Å². The Labute approximate surface area is 117 Å². The quantitative estimate of drug-likeness (QED) is 0.744. The molecule has 1 aromatic heterocycles. The number of benzene rings is 1. The fourth-order valence-electron chi connectivity index (χ4n) is 2.19. The summed E-state index contributed by atoms with van der Waals surface area (Å²) >= 11 is 0. The predicted octanol–water partition coefficient (Wildman–Crippen LogP) is 4.22. The van der Waals surface area contributed by atoms with Crippen molar-refractivity contribution < 1.29 is 0 Å². The molecule has 0 atom stereocenters. The first-order chi connectivity index (χ1) is 8.79. The second-order valence-corrected chi connectivity index (χ2v) is 11.5. The van der Waals surface area contributed by atoms with Crippen LogP contribution in [0.25, 0.3) is 11.3 Å². The number of aromatic nitrogens is 1. The Morgan fingerprint density at radius 3 is 2.05 bits per heavy atom. The standard InChI is InChI=1S/C17H23NSi/c1-12-10-17(18-11-14(12)3)16-8-7-15(9-13(16)2)19(4,5)6/h7-11H,1-6H3. The normalized spacial score (nSPS) is 11.7. The Bertz CT molecular complexity index is 609. The third-order valence-corrected chi connectivity index (χ3v) is 5.78. The number of hydrogen-bond acceptors (Lipinski definition) is 1. The molecule has 0 bridgehead atoms. The van der Waals surface area contributed by atoms with Gasteiger partial charge in [-0.1, -0.05) is 43.0 Å². The monoisotopic (exact) mass is 269 g/mol. The minimum absolute atomic E-state index is 1.09. The van der Waals surface area contributed by atoms with E-state index < -0.39 is 8.07 Å². The minimum Gasteiger partial charge on any atom is -0.256 e. The maximum atomic E-state index is 4.57. The molecule has 19 heavy (non-hydrogen) atoms. The van der Waals surface area contributed by atoms with Gasteiger partial charge in [0, 0.05) is 11.8 Å². The Morgan fingerprint density at radius 1 is 0.842 bits per heavy atom. The molecule has 0 spiro atoms. The van der Waals surface area contributed by atoms with E-state index in [1.54, 1.807) is 0 Å². The van der Waals surface area contributed by atoms with Crippen LogP contribution in [0.15, 0.2) is 30.5 Å². The van der Waals surface area contributed by atoms with Gasteiger partial charge in [-0.05, 0) is 43.5 Å². The molecule has 0 saturated carbocycles. The highest BCUT2D eigenvalue weighted by Crippen LogP contribution is 2.23. The van der Waals surface area contributed by atoms with E-state index in [1.165, 1.54) is 27.4 Å². The molecule has 1 nitrogen and oxygen atoms in total. The maximum absolute atomic E-state index is 4.57. The number of aryl methyl sites for hydroxylation is 3. The molecule has 0 aliphatic carbocycles. The van der Waals surface area contributed by atoms with Crippen molar-refractivity contribution in [3.8, 4) is 11.3 Å². The van der Waals surface area contributed by atoms with Crippen molar-refractivity contribution in [2.45, 2.75) is 40.4 Å². The van der Waals surface area contributed by atoms with Crippen molar-refractivity contribution in [3.63, 3.8) is 0 Å². The van der Waals surface area contributed by atoms with Crippen LogP contribution in [0.5, 0.6) is 0 Å². The summed E-state index contributed by atoms with van der Waals surface area (Å²) < 4.78 is 0. The third-order valence-electron chi connectivity index (χ3n) is 3.74. The van der Waals surface area contributed by atoms with Crippen LogP contribution in [0.4, 0.5) is 0 Å². The third kappa shape index (κ3) is 2.95. The fourth-order valence-corrected chi connectivity index (χ4v) is 3.42. The zero-order chi connectivity index (χ0) is 14.2. The van der Waals surface area contributed by atoms with Crippen LogP contribution in [-0.4, -0.2) is 13.1 Å². The summed E-state index contributed by atoms with van der Waals surface area (Å²) in [6.07, 6.45) is 1.97. The minimum atomic E-state index is -1.23. The van der Waals surface area contributed by atoms with Gasteiger partial charge in [-0.3, -0.25) is 4.98 Å². The highest BCUT2D eigenvalue weighted by molar-refractivity contribution is 6.88. The number of rotatable bonds is 2. The predicted molar refractivity (Wildman–Crippen MR) is 86.9 cm³/mol. The molecule has 0 N–H and O–H groups in total. The lowest BCUT2D eigenvalue weighted by molar-refractivity contribution is 1.21. The van der Waals surface area contributed by atoms with Crippen LogP contribution in [0.1, 0.15) is 16.7 Å². The Balaban J connectivity index is 2.49. The summed E-state index contributed by atoms with van der Waals surface area (Å²) in [5, 5.41) is 1.51. The van der Waals surface area contributed by atoms with Crippen LogP contribution in [0.3, 0.4) is 0 Å². The van der Waals surface area contributed by atoms with Crippen molar-refractivity contribution in [2.24, 2.45) is 0 Å². The molecule has 100 valence electrons. The smallest absolute Gasteiger partial charge is 0.0776 e. The maximum Gasteiger partial charge on any atom is 0.0776 e. The SMILES string of the molecule is Cc1cnc(-c2ccc([Si](C)(C)C)cc2C)cc1C. The number of nitrogens with zero attached hydrogens (tertiary/aromatic N) is 1. The topological polar surface area (TPSA) is 12.9 Å². The molecule has 2 rings (SSSR count). The van der Waals surface area contributed by atoms with E-state index in [4.69, 9.17) is 0 Å². The molecule has 2 heteroatoms. The van der Waals surface area contributed by atoms with Gasteiger partial charge in [0.1, 0.15) is 0 Å². The van der Waals surface area contributed by atoms with E-state index in [2.05, 4.69) is 69.7 Å². The van der Waals surface area contributed by atoms with Crippen LogP contribution in [0.2, 0.25) is 19.6 Å². The molecule has 0 saturated heterocycles. The van der Waals surface area contributed by atoms with Gasteiger partial charge in [0.05, 0.1) is 13.8 Å². The zero-order valence-electron chi connectivity index (χ0n) is 12.8. The van der Waals surface area contributed by atoms with E-state index in [0.29, 0.717) is 0 Å². The fraction of sp³-hybridized carbons (Fsp3) is 0.353. The largest absolute Gasteiger partial charge is 0.256 e. The number of pyridine rings is 1. The summed E-state index contributed by atoms with van der Waals surface area (Å²) in [4.78, 5) is 4.57. The van der Waals surface area contributed by atoms with Gasteiger partial charge in [-0.15, -0.1) is 0 Å². The summed E-state index contributed by atoms with van der Waals surface area (Å²) in [5.74, 6) is 0. The van der Waals surface area contributed by atoms with Gasteiger partial charge in [0.25, 0.3) is 0 Å². The van der Waals surface area contributed by atoms with Crippen molar-refractivity contribution >= 4 is 13.3 Å². The highest BCUT2D eigenvalue weighted by atomic mass is 28.3. The lowest BCUT2D eigenvalue weighted by Gasteiger charge is -2.18. The van der Waals surface area contributed by atoms with E-state index in [-0.39, 0.29) is 0 Å². The lowest BCUT2D eigenvalue weighted by Crippen LogP contribution is -2.37. The Kier molecular flexibility index (Phi) is 3.63.